The van der Waals surface area contributed by atoms with Crippen molar-refractivity contribution in [2.45, 2.75) is 25.8 Å². The second-order valence-corrected chi connectivity index (χ2v) is 6.20. The SMILES string of the molecule is CCNc1ccc(C#N)cc1NC(=O)c1cc(C2CCCN2C)[nH]n1. The summed E-state index contributed by atoms with van der Waals surface area (Å²) in [5.41, 5.74) is 3.16. The van der Waals surface area contributed by atoms with Gasteiger partial charge in [-0.25, -0.2) is 0 Å². The molecule has 1 fully saturated rings. The summed E-state index contributed by atoms with van der Waals surface area (Å²) < 4.78 is 0. The molecule has 1 aliphatic heterocycles. The number of aromatic amines is 1. The molecule has 1 amide bonds. The van der Waals surface area contributed by atoms with Gasteiger partial charge in [0, 0.05) is 6.54 Å². The summed E-state index contributed by atoms with van der Waals surface area (Å²) in [7, 11) is 2.08. The van der Waals surface area contributed by atoms with Crippen molar-refractivity contribution in [2.24, 2.45) is 0 Å². The Balaban J connectivity index is 1.78. The molecular formula is C18H22N6O. The molecule has 1 aromatic carbocycles. The van der Waals surface area contributed by atoms with Gasteiger partial charge in [-0.15, -0.1) is 0 Å². The van der Waals surface area contributed by atoms with E-state index in [1.165, 1.54) is 0 Å². The Morgan fingerprint density at radius 2 is 2.28 bits per heavy atom. The fourth-order valence-corrected chi connectivity index (χ4v) is 3.18. The Bertz CT molecular complexity index is 806. The van der Waals surface area contributed by atoms with Crippen LogP contribution in [0.4, 0.5) is 11.4 Å². The molecule has 25 heavy (non-hydrogen) atoms. The highest BCUT2D eigenvalue weighted by Gasteiger charge is 2.25. The van der Waals surface area contributed by atoms with Crippen molar-refractivity contribution < 1.29 is 4.79 Å². The molecule has 7 nitrogen and oxygen atoms in total. The monoisotopic (exact) mass is 338 g/mol. The molecule has 3 rings (SSSR count). The fraction of sp³-hybridized carbons (Fsp3) is 0.389. The van der Waals surface area contributed by atoms with E-state index in [-0.39, 0.29) is 11.9 Å². The van der Waals surface area contributed by atoms with Crippen LogP contribution < -0.4 is 10.6 Å². The van der Waals surface area contributed by atoms with Crippen molar-refractivity contribution in [3.8, 4) is 6.07 Å². The van der Waals surface area contributed by atoms with Gasteiger partial charge in [0.25, 0.3) is 5.91 Å². The van der Waals surface area contributed by atoms with Gasteiger partial charge >= 0.3 is 0 Å². The lowest BCUT2D eigenvalue weighted by Gasteiger charge is -2.16. The van der Waals surface area contributed by atoms with Gasteiger partial charge in [-0.05, 0) is 57.6 Å². The first-order valence-electron chi connectivity index (χ1n) is 8.47. The highest BCUT2D eigenvalue weighted by atomic mass is 16.1. The molecule has 2 heterocycles. The van der Waals surface area contributed by atoms with E-state index >= 15 is 0 Å². The lowest BCUT2D eigenvalue weighted by atomic mass is 10.1. The number of nitriles is 1. The average Bonchev–Trinajstić information content (AvgIpc) is 3.25. The van der Waals surface area contributed by atoms with Gasteiger partial charge in [-0.1, -0.05) is 0 Å². The maximum Gasteiger partial charge on any atom is 0.276 e. The molecule has 1 aromatic heterocycles. The van der Waals surface area contributed by atoms with Crippen LogP contribution in [0.5, 0.6) is 0 Å². The Morgan fingerprint density at radius 3 is 2.96 bits per heavy atom. The number of aromatic nitrogens is 2. The minimum absolute atomic E-state index is 0.285. The predicted octanol–water partition coefficient (Wildman–Crippen LogP) is 2.73. The summed E-state index contributed by atoms with van der Waals surface area (Å²) in [6, 6.07) is 9.36. The molecule has 2 aromatic rings. The number of carbonyl (C=O) groups is 1. The number of hydrogen-bond acceptors (Lipinski definition) is 5. The smallest absolute Gasteiger partial charge is 0.276 e. The molecule has 0 radical (unpaired) electrons. The molecule has 0 spiro atoms. The van der Waals surface area contributed by atoms with Crippen LogP contribution in [0.3, 0.4) is 0 Å². The maximum absolute atomic E-state index is 12.6. The van der Waals surface area contributed by atoms with E-state index in [4.69, 9.17) is 5.26 Å². The molecule has 0 aliphatic carbocycles. The number of likely N-dealkylation sites (tertiary alicyclic amines) is 1. The Morgan fingerprint density at radius 1 is 1.44 bits per heavy atom. The summed E-state index contributed by atoms with van der Waals surface area (Å²) in [5.74, 6) is -0.294. The van der Waals surface area contributed by atoms with Crippen molar-refractivity contribution in [3.05, 3.63) is 41.2 Å². The van der Waals surface area contributed by atoms with E-state index in [0.29, 0.717) is 16.9 Å². The van der Waals surface area contributed by atoms with Crippen LogP contribution in [-0.4, -0.2) is 41.1 Å². The summed E-state index contributed by atoms with van der Waals surface area (Å²) >= 11 is 0. The molecule has 1 saturated heterocycles. The largest absolute Gasteiger partial charge is 0.384 e. The summed E-state index contributed by atoms with van der Waals surface area (Å²) in [5, 5.41) is 22.3. The highest BCUT2D eigenvalue weighted by Crippen LogP contribution is 2.29. The normalized spacial score (nSPS) is 17.2. The van der Waals surface area contributed by atoms with Crippen molar-refractivity contribution in [2.75, 3.05) is 30.8 Å². The number of rotatable bonds is 5. The van der Waals surface area contributed by atoms with Gasteiger partial charge in [-0.2, -0.15) is 10.4 Å². The van der Waals surface area contributed by atoms with E-state index in [9.17, 15) is 4.79 Å². The van der Waals surface area contributed by atoms with Crippen LogP contribution >= 0.6 is 0 Å². The van der Waals surface area contributed by atoms with Gasteiger partial charge in [0.2, 0.25) is 0 Å². The standard InChI is InChI=1S/C18H22N6O/c1-3-20-13-7-6-12(11-19)9-14(13)21-18(25)16-10-15(22-23-16)17-5-4-8-24(17)2/h6-7,9-10,17,20H,3-5,8H2,1-2H3,(H,21,25)(H,22,23). The highest BCUT2D eigenvalue weighted by molar-refractivity contribution is 6.04. The fourth-order valence-electron chi connectivity index (χ4n) is 3.18. The Hall–Kier alpha value is -2.85. The third kappa shape index (κ3) is 3.64. The molecule has 0 bridgehead atoms. The first-order chi connectivity index (χ1) is 12.1. The average molecular weight is 338 g/mol. The van der Waals surface area contributed by atoms with E-state index in [1.807, 2.05) is 13.0 Å². The predicted molar refractivity (Wildman–Crippen MR) is 96.5 cm³/mol. The van der Waals surface area contributed by atoms with Gasteiger partial charge in [0.1, 0.15) is 0 Å². The number of carbonyl (C=O) groups excluding carboxylic acids is 1. The second-order valence-electron chi connectivity index (χ2n) is 6.20. The lowest BCUT2D eigenvalue weighted by Crippen LogP contribution is -2.17. The maximum atomic E-state index is 12.6. The molecule has 130 valence electrons. The van der Waals surface area contributed by atoms with E-state index in [1.54, 1.807) is 18.2 Å². The third-order valence-corrected chi connectivity index (χ3v) is 4.47. The van der Waals surface area contributed by atoms with Crippen LogP contribution in [-0.2, 0) is 0 Å². The molecule has 1 aliphatic rings. The van der Waals surface area contributed by atoms with Crippen molar-refractivity contribution in [1.29, 1.82) is 5.26 Å². The Kier molecular flexibility index (Phi) is 5.00. The van der Waals surface area contributed by atoms with Crippen LogP contribution in [0.2, 0.25) is 0 Å². The zero-order valence-electron chi connectivity index (χ0n) is 14.5. The number of benzene rings is 1. The minimum Gasteiger partial charge on any atom is -0.384 e. The number of amides is 1. The summed E-state index contributed by atoms with van der Waals surface area (Å²) in [6.45, 7) is 3.75. The number of hydrogen-bond donors (Lipinski definition) is 3. The van der Waals surface area contributed by atoms with E-state index in [0.717, 1.165) is 37.3 Å². The van der Waals surface area contributed by atoms with Gasteiger partial charge < -0.3 is 10.6 Å². The number of anilines is 2. The van der Waals surface area contributed by atoms with Crippen molar-refractivity contribution in [1.82, 2.24) is 15.1 Å². The van der Waals surface area contributed by atoms with Crippen LogP contribution in [0.25, 0.3) is 0 Å². The van der Waals surface area contributed by atoms with Crippen LogP contribution in [0.1, 0.15) is 47.6 Å². The first-order valence-corrected chi connectivity index (χ1v) is 8.47. The van der Waals surface area contributed by atoms with Crippen LogP contribution in [0.15, 0.2) is 24.3 Å². The molecule has 7 heteroatoms. The first kappa shape index (κ1) is 17.0. The minimum atomic E-state index is -0.294. The summed E-state index contributed by atoms with van der Waals surface area (Å²) in [4.78, 5) is 14.8. The van der Waals surface area contributed by atoms with Crippen LogP contribution in [0, 0.1) is 11.3 Å². The molecule has 1 atom stereocenters. The van der Waals surface area contributed by atoms with Gasteiger partial charge in [-0.3, -0.25) is 14.8 Å². The second kappa shape index (κ2) is 7.36. The molecular weight excluding hydrogens is 316 g/mol. The molecule has 3 N–H and O–H groups in total. The summed E-state index contributed by atoms with van der Waals surface area (Å²) in [6.07, 6.45) is 2.21. The van der Waals surface area contributed by atoms with Crippen molar-refractivity contribution >= 4 is 17.3 Å². The number of H-pyrrole nitrogens is 1. The quantitative estimate of drug-likeness (QED) is 0.779. The zero-order valence-corrected chi connectivity index (χ0v) is 14.5. The Labute approximate surface area is 147 Å². The number of nitrogens with zero attached hydrogens (tertiary/aromatic N) is 3. The van der Waals surface area contributed by atoms with E-state index in [2.05, 4.69) is 38.8 Å². The number of nitrogens with one attached hydrogen (secondary N) is 3. The third-order valence-electron chi connectivity index (χ3n) is 4.47. The van der Waals surface area contributed by atoms with Gasteiger partial charge in [0.15, 0.2) is 5.69 Å². The topological polar surface area (TPSA) is 96.8 Å². The van der Waals surface area contributed by atoms with Crippen molar-refractivity contribution in [3.63, 3.8) is 0 Å². The van der Waals surface area contributed by atoms with E-state index < -0.39 is 0 Å². The molecule has 1 unspecified atom stereocenters. The zero-order chi connectivity index (χ0) is 17.8. The van der Waals surface area contributed by atoms with Gasteiger partial charge in [0.05, 0.1) is 34.7 Å². The molecule has 0 saturated carbocycles. The lowest BCUT2D eigenvalue weighted by molar-refractivity contribution is 0.102.